The summed E-state index contributed by atoms with van der Waals surface area (Å²) in [6.07, 6.45) is 0. The fourth-order valence-corrected chi connectivity index (χ4v) is 1.80. The third-order valence-corrected chi connectivity index (χ3v) is 2.72. The van der Waals surface area contributed by atoms with Crippen molar-refractivity contribution in [1.82, 2.24) is 0 Å². The van der Waals surface area contributed by atoms with Crippen LogP contribution < -0.4 is 4.74 Å². The van der Waals surface area contributed by atoms with Crippen LogP contribution in [-0.4, -0.2) is 20.2 Å². The molecular weight excluding hydrogens is 309 g/mol. The number of rotatable bonds is 2. The van der Waals surface area contributed by atoms with E-state index in [2.05, 4.69) is 4.74 Å². The number of ether oxygens (including phenoxy) is 2. The Balaban J connectivity index is 3.47. The summed E-state index contributed by atoms with van der Waals surface area (Å²) < 4.78 is 10.4. The van der Waals surface area contributed by atoms with Crippen molar-refractivity contribution in [3.63, 3.8) is 0 Å². The fourth-order valence-electron chi connectivity index (χ4n) is 1.15. The van der Waals surface area contributed by atoms with Gasteiger partial charge in [0.2, 0.25) is 0 Å². The third kappa shape index (κ3) is 2.21. The number of carbonyl (C=O) groups excluding carboxylic acids is 1. The number of hydrogen-bond donors (Lipinski definition) is 0. The first-order valence-corrected chi connectivity index (χ1v) is 5.08. The van der Waals surface area contributed by atoms with Crippen LogP contribution in [0.25, 0.3) is 0 Å². The monoisotopic (exact) mass is 317 g/mol. The van der Waals surface area contributed by atoms with Gasteiger partial charge in [0.15, 0.2) is 5.75 Å². The van der Waals surface area contributed by atoms with Crippen LogP contribution in [0.1, 0.15) is 15.9 Å². The summed E-state index contributed by atoms with van der Waals surface area (Å²) in [6, 6.07) is 5.24. The van der Waals surface area contributed by atoms with E-state index in [1.165, 1.54) is 14.2 Å². The van der Waals surface area contributed by atoms with Crippen molar-refractivity contribution in [2.24, 2.45) is 0 Å². The second kappa shape index (κ2) is 4.98. The predicted octanol–water partition coefficient (Wildman–Crippen LogP) is 1.96. The maximum atomic E-state index is 11.5. The molecule has 78 valence electrons. The highest BCUT2D eigenvalue weighted by molar-refractivity contribution is 14.1. The number of benzene rings is 1. The minimum Gasteiger partial charge on any atom is -0.494 e. The summed E-state index contributed by atoms with van der Waals surface area (Å²) in [5, 5.41) is 8.83. The van der Waals surface area contributed by atoms with Gasteiger partial charge >= 0.3 is 5.97 Å². The van der Waals surface area contributed by atoms with Gasteiger partial charge in [0.05, 0.1) is 19.8 Å². The van der Waals surface area contributed by atoms with Crippen LogP contribution in [0.4, 0.5) is 0 Å². The molecule has 0 N–H and O–H groups in total. The lowest BCUT2D eigenvalue weighted by molar-refractivity contribution is 0.0595. The van der Waals surface area contributed by atoms with Crippen molar-refractivity contribution in [1.29, 1.82) is 5.26 Å². The molecule has 0 bridgehead atoms. The lowest BCUT2D eigenvalue weighted by Crippen LogP contribution is -2.07. The molecule has 1 rings (SSSR count). The molecule has 1 aromatic rings. The van der Waals surface area contributed by atoms with Crippen LogP contribution in [0, 0.1) is 14.9 Å². The molecule has 0 heterocycles. The van der Waals surface area contributed by atoms with Crippen molar-refractivity contribution >= 4 is 28.6 Å². The van der Waals surface area contributed by atoms with Crippen LogP contribution in [0.15, 0.2) is 12.1 Å². The Morgan fingerprint density at radius 1 is 1.47 bits per heavy atom. The maximum Gasteiger partial charge on any atom is 0.342 e. The first kappa shape index (κ1) is 11.8. The van der Waals surface area contributed by atoms with Gasteiger partial charge in [-0.15, -0.1) is 0 Å². The van der Waals surface area contributed by atoms with Crippen molar-refractivity contribution in [3.05, 3.63) is 26.8 Å². The summed E-state index contributed by atoms with van der Waals surface area (Å²) in [5.74, 6) is -0.246. The van der Waals surface area contributed by atoms with E-state index >= 15 is 0 Å². The zero-order valence-electron chi connectivity index (χ0n) is 8.20. The second-order valence-corrected chi connectivity index (χ2v) is 3.77. The molecule has 0 spiro atoms. The van der Waals surface area contributed by atoms with Gasteiger partial charge in [0, 0.05) is 3.57 Å². The highest BCUT2D eigenvalue weighted by atomic mass is 127. The Kier molecular flexibility index (Phi) is 3.91. The molecule has 0 aliphatic carbocycles. The zero-order valence-corrected chi connectivity index (χ0v) is 10.4. The molecule has 0 aliphatic rings. The van der Waals surface area contributed by atoms with Crippen molar-refractivity contribution < 1.29 is 14.3 Å². The molecule has 5 heteroatoms. The molecule has 1 aromatic carbocycles. The van der Waals surface area contributed by atoms with Crippen LogP contribution in [0.5, 0.6) is 5.75 Å². The van der Waals surface area contributed by atoms with E-state index in [1.54, 1.807) is 12.1 Å². The molecule has 0 fully saturated rings. The molecule has 0 aromatic heterocycles. The Morgan fingerprint density at radius 2 is 2.13 bits per heavy atom. The fraction of sp³-hybridized carbons (Fsp3) is 0.200. The van der Waals surface area contributed by atoms with Gasteiger partial charge in [-0.1, -0.05) is 0 Å². The molecular formula is C10H8INO3. The Hall–Kier alpha value is -1.29. The van der Waals surface area contributed by atoms with Crippen LogP contribution in [0.3, 0.4) is 0 Å². The van der Waals surface area contributed by atoms with E-state index < -0.39 is 5.97 Å². The van der Waals surface area contributed by atoms with Gasteiger partial charge in [-0.2, -0.15) is 5.26 Å². The number of esters is 1. The SMILES string of the molecule is COC(=O)c1c(I)ccc(C#N)c1OC. The summed E-state index contributed by atoms with van der Waals surface area (Å²) in [5.41, 5.74) is 0.609. The molecule has 0 saturated carbocycles. The lowest BCUT2D eigenvalue weighted by atomic mass is 10.1. The van der Waals surface area contributed by atoms with Gasteiger partial charge < -0.3 is 9.47 Å². The number of hydrogen-bond acceptors (Lipinski definition) is 4. The van der Waals surface area contributed by atoms with Gasteiger partial charge in [-0.05, 0) is 34.7 Å². The zero-order chi connectivity index (χ0) is 11.4. The van der Waals surface area contributed by atoms with E-state index in [9.17, 15) is 4.79 Å². The smallest absolute Gasteiger partial charge is 0.342 e. The van der Waals surface area contributed by atoms with Crippen LogP contribution in [0.2, 0.25) is 0 Å². The van der Waals surface area contributed by atoms with Gasteiger partial charge in [0.1, 0.15) is 11.6 Å². The van der Waals surface area contributed by atoms with Crippen molar-refractivity contribution in [2.45, 2.75) is 0 Å². The summed E-state index contributed by atoms with van der Waals surface area (Å²) in [6.45, 7) is 0. The van der Waals surface area contributed by atoms with Crippen molar-refractivity contribution in [2.75, 3.05) is 14.2 Å². The number of methoxy groups -OCH3 is 2. The van der Waals surface area contributed by atoms with E-state index in [1.807, 2.05) is 28.7 Å². The summed E-state index contributed by atoms with van der Waals surface area (Å²) in [4.78, 5) is 11.5. The number of halogens is 1. The van der Waals surface area contributed by atoms with Crippen LogP contribution >= 0.6 is 22.6 Å². The lowest BCUT2D eigenvalue weighted by Gasteiger charge is -2.09. The topological polar surface area (TPSA) is 59.3 Å². The molecule has 0 atom stereocenters. The van der Waals surface area contributed by atoms with E-state index in [-0.39, 0.29) is 5.75 Å². The molecule has 0 aliphatic heterocycles. The third-order valence-electron chi connectivity index (χ3n) is 1.82. The van der Waals surface area contributed by atoms with Gasteiger partial charge in [0.25, 0.3) is 0 Å². The maximum absolute atomic E-state index is 11.5. The molecule has 0 radical (unpaired) electrons. The Labute approximate surface area is 101 Å². The largest absolute Gasteiger partial charge is 0.494 e. The summed E-state index contributed by atoms with van der Waals surface area (Å²) in [7, 11) is 2.70. The highest BCUT2D eigenvalue weighted by Crippen LogP contribution is 2.28. The van der Waals surface area contributed by atoms with E-state index in [0.29, 0.717) is 14.7 Å². The normalized spacial score (nSPS) is 9.20. The highest BCUT2D eigenvalue weighted by Gasteiger charge is 2.19. The number of nitriles is 1. The minimum atomic E-state index is -0.506. The number of carbonyl (C=O) groups is 1. The molecule has 0 saturated heterocycles. The molecule has 15 heavy (non-hydrogen) atoms. The first-order valence-electron chi connectivity index (χ1n) is 4.00. The Morgan fingerprint density at radius 3 is 2.60 bits per heavy atom. The average Bonchev–Trinajstić information content (AvgIpc) is 2.27. The Bertz CT molecular complexity index is 437. The first-order chi connectivity index (χ1) is 7.15. The van der Waals surface area contributed by atoms with Gasteiger partial charge in [-0.3, -0.25) is 0 Å². The number of nitrogens with zero attached hydrogens (tertiary/aromatic N) is 1. The van der Waals surface area contributed by atoms with E-state index in [4.69, 9.17) is 10.00 Å². The van der Waals surface area contributed by atoms with Crippen molar-refractivity contribution in [3.8, 4) is 11.8 Å². The van der Waals surface area contributed by atoms with Crippen LogP contribution in [-0.2, 0) is 4.74 Å². The molecule has 0 unspecified atom stereocenters. The molecule has 0 amide bonds. The van der Waals surface area contributed by atoms with Gasteiger partial charge in [-0.25, -0.2) is 4.79 Å². The van der Waals surface area contributed by atoms with E-state index in [0.717, 1.165) is 0 Å². The minimum absolute atomic E-state index is 0.260. The second-order valence-electron chi connectivity index (χ2n) is 2.61. The standard InChI is InChI=1S/C10H8INO3/c1-14-9-6(5-12)3-4-7(11)8(9)10(13)15-2/h3-4H,1-2H3. The predicted molar refractivity (Wildman–Crippen MR) is 61.8 cm³/mol. The quantitative estimate of drug-likeness (QED) is 0.618. The molecule has 4 nitrogen and oxygen atoms in total. The average molecular weight is 317 g/mol. The summed E-state index contributed by atoms with van der Waals surface area (Å²) >= 11 is 1.99.